The number of fused-ring (bicyclic) bond motifs is 1. The summed E-state index contributed by atoms with van der Waals surface area (Å²) < 4.78 is 0. The monoisotopic (exact) mass is 381 g/mol. The number of benzene rings is 2. The molecule has 1 unspecified atom stereocenters. The highest BCUT2D eigenvalue weighted by atomic mass is 16.2. The van der Waals surface area contributed by atoms with Gasteiger partial charge < -0.3 is 5.32 Å². The Hall–Kier alpha value is -2.40. The van der Waals surface area contributed by atoms with Crippen LogP contribution in [-0.2, 0) is 11.2 Å². The molecule has 2 aromatic carbocycles. The average Bonchev–Trinajstić information content (AvgIpc) is 2.85. The van der Waals surface area contributed by atoms with Crippen LogP contribution in [0.1, 0.15) is 39.2 Å². The molecule has 0 bridgehead atoms. The van der Waals surface area contributed by atoms with Crippen LogP contribution in [0.4, 0.5) is 4.79 Å². The highest BCUT2D eigenvalue weighted by Gasteiger charge is 2.48. The van der Waals surface area contributed by atoms with E-state index < -0.39 is 5.54 Å². The van der Waals surface area contributed by atoms with E-state index in [1.807, 2.05) is 43.1 Å². The van der Waals surface area contributed by atoms with E-state index >= 15 is 0 Å². The minimum Gasteiger partial charge on any atom is -0.323 e. The molecule has 2 aromatic rings. The maximum atomic E-state index is 13.1. The Kier molecular flexibility index (Phi) is 6.04. The molecule has 5 nitrogen and oxygen atoms in total. The summed E-state index contributed by atoms with van der Waals surface area (Å²) in [7, 11) is 1.96. The lowest BCUT2D eigenvalue weighted by Crippen LogP contribution is -2.47. The van der Waals surface area contributed by atoms with E-state index in [1.54, 1.807) is 0 Å². The molecule has 1 aliphatic rings. The molecule has 0 aliphatic carbocycles. The first-order valence-electron chi connectivity index (χ1n) is 10.1. The molecule has 5 heteroatoms. The van der Waals surface area contributed by atoms with Gasteiger partial charge >= 0.3 is 6.03 Å². The van der Waals surface area contributed by atoms with Crippen LogP contribution in [0.2, 0.25) is 0 Å². The van der Waals surface area contributed by atoms with E-state index in [2.05, 4.69) is 37.4 Å². The van der Waals surface area contributed by atoms with Gasteiger partial charge in [0, 0.05) is 6.42 Å². The van der Waals surface area contributed by atoms with Gasteiger partial charge in [-0.2, -0.15) is 0 Å². The standard InChI is InChI=1S/C23H31N3O2/c1-17(2)9-8-14-25(4)16-26-21(27)23(3,24-22(26)28)15-19-12-7-11-18-10-5-6-13-20(18)19/h5-7,10-13,17H,8-9,14-16H2,1-4H3,(H,24,28). The number of amides is 3. The molecular formula is C23H31N3O2. The van der Waals surface area contributed by atoms with Crippen LogP contribution in [0, 0.1) is 5.92 Å². The number of nitrogens with zero attached hydrogens (tertiary/aromatic N) is 2. The Morgan fingerprint density at radius 2 is 1.82 bits per heavy atom. The zero-order chi connectivity index (χ0) is 20.3. The molecule has 28 heavy (non-hydrogen) atoms. The van der Waals surface area contributed by atoms with E-state index in [9.17, 15) is 9.59 Å². The minimum atomic E-state index is -0.917. The molecule has 0 saturated carbocycles. The highest BCUT2D eigenvalue weighted by molar-refractivity contribution is 6.07. The lowest BCUT2D eigenvalue weighted by molar-refractivity contribution is -0.132. The second-order valence-corrected chi connectivity index (χ2v) is 8.57. The topological polar surface area (TPSA) is 52.6 Å². The summed E-state index contributed by atoms with van der Waals surface area (Å²) in [6, 6.07) is 13.9. The van der Waals surface area contributed by atoms with Crippen molar-refractivity contribution in [3.05, 3.63) is 48.0 Å². The minimum absolute atomic E-state index is 0.152. The molecule has 150 valence electrons. The van der Waals surface area contributed by atoms with Crippen molar-refractivity contribution in [1.29, 1.82) is 0 Å². The molecular weight excluding hydrogens is 350 g/mol. The van der Waals surface area contributed by atoms with Gasteiger partial charge in [0.05, 0.1) is 6.67 Å². The van der Waals surface area contributed by atoms with Crippen LogP contribution in [0.5, 0.6) is 0 Å². The predicted molar refractivity (Wildman–Crippen MR) is 113 cm³/mol. The molecule has 0 aromatic heterocycles. The summed E-state index contributed by atoms with van der Waals surface area (Å²) in [5, 5.41) is 5.20. The number of imide groups is 1. The summed E-state index contributed by atoms with van der Waals surface area (Å²) >= 11 is 0. The molecule has 1 aliphatic heterocycles. The van der Waals surface area contributed by atoms with Gasteiger partial charge in [0.15, 0.2) is 0 Å². The Balaban J connectivity index is 1.71. The Morgan fingerprint density at radius 1 is 1.11 bits per heavy atom. The van der Waals surface area contributed by atoms with Gasteiger partial charge in [0.1, 0.15) is 5.54 Å². The smallest absolute Gasteiger partial charge is 0.323 e. The van der Waals surface area contributed by atoms with Crippen molar-refractivity contribution in [2.75, 3.05) is 20.3 Å². The van der Waals surface area contributed by atoms with Crippen molar-refractivity contribution in [2.45, 2.75) is 45.6 Å². The maximum absolute atomic E-state index is 13.1. The number of rotatable bonds is 8. The third-order valence-electron chi connectivity index (χ3n) is 5.47. The molecule has 0 spiro atoms. The first kappa shape index (κ1) is 20.3. The zero-order valence-corrected chi connectivity index (χ0v) is 17.4. The summed E-state index contributed by atoms with van der Waals surface area (Å²) in [6.07, 6.45) is 2.68. The largest absolute Gasteiger partial charge is 0.326 e. The van der Waals surface area contributed by atoms with E-state index in [0.717, 1.165) is 35.7 Å². The maximum Gasteiger partial charge on any atom is 0.326 e. The molecule has 0 radical (unpaired) electrons. The second kappa shape index (κ2) is 8.31. The van der Waals surface area contributed by atoms with Crippen LogP contribution in [0.25, 0.3) is 10.8 Å². The predicted octanol–water partition coefficient (Wildman–Crippen LogP) is 4.02. The van der Waals surface area contributed by atoms with Gasteiger partial charge in [-0.3, -0.25) is 9.69 Å². The van der Waals surface area contributed by atoms with E-state index in [1.165, 1.54) is 4.90 Å². The molecule has 3 amide bonds. The average molecular weight is 382 g/mol. The zero-order valence-electron chi connectivity index (χ0n) is 17.4. The highest BCUT2D eigenvalue weighted by Crippen LogP contribution is 2.27. The Labute approximate surface area is 167 Å². The van der Waals surface area contributed by atoms with Gasteiger partial charge in [-0.1, -0.05) is 56.3 Å². The number of nitrogens with one attached hydrogen (secondary N) is 1. The third kappa shape index (κ3) is 4.36. The third-order valence-corrected chi connectivity index (χ3v) is 5.47. The summed E-state index contributed by atoms with van der Waals surface area (Å²) in [5.41, 5.74) is 0.154. The summed E-state index contributed by atoms with van der Waals surface area (Å²) in [4.78, 5) is 29.0. The number of carbonyl (C=O) groups is 2. The van der Waals surface area contributed by atoms with Crippen molar-refractivity contribution >= 4 is 22.7 Å². The van der Waals surface area contributed by atoms with E-state index in [4.69, 9.17) is 0 Å². The molecule has 1 fully saturated rings. The first-order valence-corrected chi connectivity index (χ1v) is 10.1. The quantitative estimate of drug-likeness (QED) is 0.703. The summed E-state index contributed by atoms with van der Waals surface area (Å²) in [6.45, 7) is 7.43. The normalized spacial score (nSPS) is 19.9. The van der Waals surface area contributed by atoms with Crippen LogP contribution in [0.3, 0.4) is 0 Å². The molecule has 1 atom stereocenters. The fourth-order valence-electron chi connectivity index (χ4n) is 3.90. The number of hydrogen-bond donors (Lipinski definition) is 1. The van der Waals surface area contributed by atoms with Crippen molar-refractivity contribution < 1.29 is 9.59 Å². The van der Waals surface area contributed by atoms with Crippen molar-refractivity contribution in [3.63, 3.8) is 0 Å². The second-order valence-electron chi connectivity index (χ2n) is 8.57. The van der Waals surface area contributed by atoms with Crippen molar-refractivity contribution in [3.8, 4) is 0 Å². The molecule has 1 N–H and O–H groups in total. The molecule has 3 rings (SSSR count). The summed E-state index contributed by atoms with van der Waals surface area (Å²) in [5.74, 6) is 0.509. The first-order chi connectivity index (χ1) is 13.3. The Bertz CT molecular complexity index is 859. The lowest BCUT2D eigenvalue weighted by Gasteiger charge is -2.25. The lowest BCUT2D eigenvalue weighted by atomic mass is 9.90. The number of carbonyl (C=O) groups excluding carboxylic acids is 2. The van der Waals surface area contributed by atoms with Gasteiger partial charge in [-0.15, -0.1) is 0 Å². The fourth-order valence-corrected chi connectivity index (χ4v) is 3.90. The Morgan fingerprint density at radius 3 is 2.57 bits per heavy atom. The van der Waals surface area contributed by atoms with Crippen LogP contribution in [0.15, 0.2) is 42.5 Å². The van der Waals surface area contributed by atoms with Crippen molar-refractivity contribution in [2.24, 2.45) is 5.92 Å². The number of urea groups is 1. The van der Waals surface area contributed by atoms with Crippen LogP contribution >= 0.6 is 0 Å². The van der Waals surface area contributed by atoms with E-state index in [0.29, 0.717) is 19.0 Å². The van der Waals surface area contributed by atoms with Gasteiger partial charge in [0.2, 0.25) is 0 Å². The van der Waals surface area contributed by atoms with E-state index in [-0.39, 0.29) is 11.9 Å². The van der Waals surface area contributed by atoms with Gasteiger partial charge in [-0.25, -0.2) is 9.69 Å². The SMILES string of the molecule is CC(C)CCCN(C)CN1C(=O)NC(C)(Cc2cccc3ccccc23)C1=O. The number of hydrogen-bond acceptors (Lipinski definition) is 3. The van der Waals surface area contributed by atoms with Crippen LogP contribution < -0.4 is 5.32 Å². The van der Waals surface area contributed by atoms with Crippen LogP contribution in [-0.4, -0.2) is 47.5 Å². The molecule has 1 heterocycles. The fraction of sp³-hybridized carbons (Fsp3) is 0.478. The van der Waals surface area contributed by atoms with Crippen molar-refractivity contribution in [1.82, 2.24) is 15.1 Å². The van der Waals surface area contributed by atoms with Gasteiger partial charge in [0.25, 0.3) is 5.91 Å². The van der Waals surface area contributed by atoms with Gasteiger partial charge in [-0.05, 0) is 55.6 Å². The molecule has 1 saturated heterocycles.